The van der Waals surface area contributed by atoms with Crippen LogP contribution in [-0.4, -0.2) is 23.2 Å². The van der Waals surface area contributed by atoms with Crippen molar-refractivity contribution in [1.82, 2.24) is 10.3 Å². The Labute approximate surface area is 127 Å². The zero-order valence-corrected chi connectivity index (χ0v) is 12.8. The molecule has 0 amide bonds. The number of benzene rings is 1. The summed E-state index contributed by atoms with van der Waals surface area (Å²) < 4.78 is 0. The molecule has 112 valence electrons. The lowest BCUT2D eigenvalue weighted by molar-refractivity contribution is 0.175. The Bertz CT molecular complexity index is 523. The molecule has 0 aliphatic heterocycles. The van der Waals surface area contributed by atoms with Crippen LogP contribution in [0.2, 0.25) is 0 Å². The molecular weight excluding hydrogens is 260 g/mol. The van der Waals surface area contributed by atoms with Gasteiger partial charge in [0.25, 0.3) is 0 Å². The highest BCUT2D eigenvalue weighted by Crippen LogP contribution is 2.18. The van der Waals surface area contributed by atoms with Crippen LogP contribution in [0.1, 0.15) is 42.7 Å². The van der Waals surface area contributed by atoms with E-state index in [0.29, 0.717) is 12.5 Å². The van der Waals surface area contributed by atoms with E-state index in [9.17, 15) is 5.11 Å². The Morgan fingerprint density at radius 1 is 1.05 bits per heavy atom. The molecule has 3 nitrogen and oxygen atoms in total. The molecule has 1 aromatic carbocycles. The molecule has 0 saturated carbocycles. The Morgan fingerprint density at radius 2 is 1.76 bits per heavy atom. The van der Waals surface area contributed by atoms with E-state index in [0.717, 1.165) is 24.2 Å². The summed E-state index contributed by atoms with van der Waals surface area (Å²) in [7, 11) is 0. The number of aromatic nitrogens is 1. The number of aliphatic hydroxyl groups is 1. The number of hydrogen-bond donors (Lipinski definition) is 2. The zero-order chi connectivity index (χ0) is 15.1. The summed E-state index contributed by atoms with van der Waals surface area (Å²) in [6, 6.07) is 14.1. The minimum atomic E-state index is -0.463. The molecule has 0 aliphatic rings. The lowest BCUT2D eigenvalue weighted by atomic mass is 10.00. The molecule has 1 atom stereocenters. The maximum absolute atomic E-state index is 10.2. The van der Waals surface area contributed by atoms with Crippen LogP contribution in [0.25, 0.3) is 0 Å². The fraction of sp³-hybridized carbons (Fsp3) is 0.389. The predicted octanol–water partition coefficient (Wildman–Crippen LogP) is 3.07. The molecule has 0 radical (unpaired) electrons. The molecular formula is C18H24N2O. The number of nitrogens with zero attached hydrogens (tertiary/aromatic N) is 1. The molecule has 0 spiro atoms. The molecule has 1 aromatic heterocycles. The molecule has 3 heteroatoms. The minimum Gasteiger partial charge on any atom is -0.387 e. The fourth-order valence-electron chi connectivity index (χ4n) is 2.22. The third kappa shape index (κ3) is 4.96. The first kappa shape index (κ1) is 15.7. The van der Waals surface area contributed by atoms with Crippen LogP contribution < -0.4 is 5.32 Å². The van der Waals surface area contributed by atoms with Crippen molar-refractivity contribution in [3.05, 3.63) is 65.5 Å². The van der Waals surface area contributed by atoms with E-state index in [-0.39, 0.29) is 0 Å². The molecule has 1 unspecified atom stereocenters. The predicted molar refractivity (Wildman–Crippen MR) is 86.3 cm³/mol. The topological polar surface area (TPSA) is 45.1 Å². The standard InChI is InChI=1S/C18H24N2O/c1-14(2)15-6-8-16(9-7-15)18(21)13-19-12-10-17-5-3-4-11-20-17/h3-9,11,14,18-19,21H,10,12-13H2,1-2H3. The second-order valence-electron chi connectivity index (χ2n) is 5.61. The van der Waals surface area contributed by atoms with Gasteiger partial charge in [0.1, 0.15) is 0 Å². The maximum Gasteiger partial charge on any atom is 0.0914 e. The van der Waals surface area contributed by atoms with E-state index >= 15 is 0 Å². The van der Waals surface area contributed by atoms with Gasteiger partial charge in [-0.2, -0.15) is 0 Å². The highest BCUT2D eigenvalue weighted by Gasteiger charge is 2.07. The van der Waals surface area contributed by atoms with Crippen molar-refractivity contribution < 1.29 is 5.11 Å². The van der Waals surface area contributed by atoms with Crippen LogP contribution in [0.5, 0.6) is 0 Å². The summed E-state index contributed by atoms with van der Waals surface area (Å²) >= 11 is 0. The van der Waals surface area contributed by atoms with Crippen LogP contribution in [0.3, 0.4) is 0 Å². The van der Waals surface area contributed by atoms with E-state index in [2.05, 4.69) is 36.3 Å². The van der Waals surface area contributed by atoms with Crippen molar-refractivity contribution in [2.45, 2.75) is 32.3 Å². The van der Waals surface area contributed by atoms with Crippen molar-refractivity contribution in [3.8, 4) is 0 Å². The Hall–Kier alpha value is -1.71. The summed E-state index contributed by atoms with van der Waals surface area (Å²) in [4.78, 5) is 4.28. The van der Waals surface area contributed by atoms with Gasteiger partial charge >= 0.3 is 0 Å². The average molecular weight is 284 g/mol. The normalized spacial score (nSPS) is 12.6. The van der Waals surface area contributed by atoms with Crippen LogP contribution in [0.4, 0.5) is 0 Å². The van der Waals surface area contributed by atoms with Crippen molar-refractivity contribution in [2.75, 3.05) is 13.1 Å². The van der Waals surface area contributed by atoms with Gasteiger partial charge in [-0.3, -0.25) is 4.98 Å². The second kappa shape index (κ2) is 7.91. The maximum atomic E-state index is 10.2. The second-order valence-corrected chi connectivity index (χ2v) is 5.61. The van der Waals surface area contributed by atoms with Gasteiger partial charge in [-0.05, 0) is 29.2 Å². The van der Waals surface area contributed by atoms with Crippen LogP contribution >= 0.6 is 0 Å². The largest absolute Gasteiger partial charge is 0.387 e. The molecule has 0 aliphatic carbocycles. The first-order valence-corrected chi connectivity index (χ1v) is 7.55. The van der Waals surface area contributed by atoms with Gasteiger partial charge < -0.3 is 10.4 Å². The first-order chi connectivity index (χ1) is 10.2. The Balaban J connectivity index is 1.75. The number of rotatable bonds is 7. The smallest absolute Gasteiger partial charge is 0.0914 e. The molecule has 2 N–H and O–H groups in total. The van der Waals surface area contributed by atoms with Gasteiger partial charge in [-0.1, -0.05) is 44.2 Å². The summed E-state index contributed by atoms with van der Waals surface area (Å²) in [6.07, 6.45) is 2.22. The number of hydrogen-bond acceptors (Lipinski definition) is 3. The number of aliphatic hydroxyl groups excluding tert-OH is 1. The first-order valence-electron chi connectivity index (χ1n) is 7.55. The summed E-state index contributed by atoms with van der Waals surface area (Å²) in [5.74, 6) is 0.521. The van der Waals surface area contributed by atoms with E-state index in [4.69, 9.17) is 0 Å². The fourth-order valence-corrected chi connectivity index (χ4v) is 2.22. The van der Waals surface area contributed by atoms with E-state index < -0.39 is 6.10 Å². The van der Waals surface area contributed by atoms with Crippen molar-refractivity contribution in [3.63, 3.8) is 0 Å². The minimum absolute atomic E-state index is 0.463. The highest BCUT2D eigenvalue weighted by atomic mass is 16.3. The lowest BCUT2D eigenvalue weighted by Crippen LogP contribution is -2.24. The zero-order valence-electron chi connectivity index (χ0n) is 12.8. The molecule has 0 saturated heterocycles. The lowest BCUT2D eigenvalue weighted by Gasteiger charge is -2.13. The molecule has 2 rings (SSSR count). The summed E-state index contributed by atoms with van der Waals surface area (Å²) in [6.45, 7) is 5.72. The SMILES string of the molecule is CC(C)c1ccc(C(O)CNCCc2ccccn2)cc1. The Kier molecular flexibility index (Phi) is 5.90. The Morgan fingerprint density at radius 3 is 2.38 bits per heavy atom. The number of nitrogens with one attached hydrogen (secondary N) is 1. The highest BCUT2D eigenvalue weighted by molar-refractivity contribution is 5.26. The van der Waals surface area contributed by atoms with Gasteiger partial charge in [0.15, 0.2) is 0 Å². The van der Waals surface area contributed by atoms with Gasteiger partial charge in [0, 0.05) is 31.4 Å². The van der Waals surface area contributed by atoms with Gasteiger partial charge in [-0.15, -0.1) is 0 Å². The van der Waals surface area contributed by atoms with Crippen molar-refractivity contribution >= 4 is 0 Å². The van der Waals surface area contributed by atoms with Gasteiger partial charge in [-0.25, -0.2) is 0 Å². The quantitative estimate of drug-likeness (QED) is 0.768. The van der Waals surface area contributed by atoms with Gasteiger partial charge in [0.05, 0.1) is 6.10 Å². The monoisotopic (exact) mass is 284 g/mol. The molecule has 0 fully saturated rings. The average Bonchev–Trinajstić information content (AvgIpc) is 2.52. The van der Waals surface area contributed by atoms with E-state index in [1.165, 1.54) is 5.56 Å². The molecule has 1 heterocycles. The van der Waals surface area contributed by atoms with Crippen LogP contribution in [-0.2, 0) is 6.42 Å². The van der Waals surface area contributed by atoms with Crippen LogP contribution in [0, 0.1) is 0 Å². The van der Waals surface area contributed by atoms with Crippen molar-refractivity contribution in [2.24, 2.45) is 0 Å². The van der Waals surface area contributed by atoms with E-state index in [1.54, 1.807) is 6.20 Å². The molecule has 21 heavy (non-hydrogen) atoms. The third-order valence-corrected chi connectivity index (χ3v) is 3.61. The molecule has 0 bridgehead atoms. The van der Waals surface area contributed by atoms with Crippen molar-refractivity contribution in [1.29, 1.82) is 0 Å². The van der Waals surface area contributed by atoms with Gasteiger partial charge in [0.2, 0.25) is 0 Å². The van der Waals surface area contributed by atoms with Crippen LogP contribution in [0.15, 0.2) is 48.7 Å². The summed E-state index contributed by atoms with van der Waals surface area (Å²) in [5, 5.41) is 13.4. The third-order valence-electron chi connectivity index (χ3n) is 3.61. The number of pyridine rings is 1. The van der Waals surface area contributed by atoms with E-state index in [1.807, 2.05) is 30.3 Å². The summed E-state index contributed by atoms with van der Waals surface area (Å²) in [5.41, 5.74) is 3.33. The molecule has 2 aromatic rings.